The maximum atomic E-state index is 13.4. The third-order valence-electron chi connectivity index (χ3n) is 2.24. The third-order valence-corrected chi connectivity index (χ3v) is 3.50. The van der Waals surface area contributed by atoms with Gasteiger partial charge in [-0.1, -0.05) is 0 Å². The Morgan fingerprint density at radius 1 is 1.82 bits per heavy atom. The number of ether oxygens (including phenoxy) is 1. The number of aromatic nitrogens is 2. The molecule has 1 aromatic heterocycles. The molecule has 1 saturated heterocycles. The van der Waals surface area contributed by atoms with Gasteiger partial charge in [-0.3, -0.25) is 4.57 Å². The highest BCUT2D eigenvalue weighted by Crippen LogP contribution is 2.34. The molecule has 2 rings (SSSR count). The average molecular weight is 257 g/mol. The monoisotopic (exact) mass is 257 g/mol. The van der Waals surface area contributed by atoms with E-state index in [1.165, 1.54) is 11.8 Å². The lowest BCUT2D eigenvalue weighted by atomic mass is 10.4. The number of nitrogens with one attached hydrogen (secondary N) is 1. The van der Waals surface area contributed by atoms with Crippen molar-refractivity contribution in [3.8, 4) is 0 Å². The second kappa shape index (κ2) is 5.07. The number of aliphatic hydroxyl groups excluding tert-OH is 1. The van der Waals surface area contributed by atoms with Crippen LogP contribution in [0.4, 0.5) is 10.2 Å². The van der Waals surface area contributed by atoms with Crippen molar-refractivity contribution in [1.82, 2.24) is 9.55 Å². The molecule has 1 aromatic rings. The van der Waals surface area contributed by atoms with Crippen LogP contribution in [0.25, 0.3) is 0 Å². The number of rotatable bonds is 3. The van der Waals surface area contributed by atoms with Gasteiger partial charge in [-0.25, -0.2) is 9.18 Å². The van der Waals surface area contributed by atoms with Gasteiger partial charge in [0.1, 0.15) is 10.8 Å². The molecule has 0 amide bonds. The standard InChI is InChI=1S/C8H9BFN3O3S/c9-12-7-4(10)1-13(8(15)11-7)5-3-16-6(2-14)17-5/h1,5-6,14H,2-3H2,(H,11,12,15)/t5-,6-/m1/s1. The fourth-order valence-electron chi connectivity index (χ4n) is 1.44. The Hall–Kier alpha value is -1.06. The van der Waals surface area contributed by atoms with Crippen LogP contribution in [0.3, 0.4) is 0 Å². The van der Waals surface area contributed by atoms with Crippen LogP contribution in [0.2, 0.25) is 0 Å². The molecular formula is C8H9BFN3O3S. The number of halogens is 1. The van der Waals surface area contributed by atoms with Crippen LogP contribution in [0.15, 0.2) is 11.0 Å². The van der Waals surface area contributed by atoms with Gasteiger partial charge in [0.05, 0.1) is 13.2 Å². The quantitative estimate of drug-likeness (QED) is 0.708. The molecule has 2 heterocycles. The molecule has 9 heteroatoms. The Morgan fingerprint density at radius 2 is 2.59 bits per heavy atom. The predicted molar refractivity (Wildman–Crippen MR) is 61.3 cm³/mol. The minimum absolute atomic E-state index is 0.158. The summed E-state index contributed by atoms with van der Waals surface area (Å²) in [5.41, 5.74) is -1.03. The van der Waals surface area contributed by atoms with E-state index in [1.54, 1.807) is 0 Å². The Bertz CT molecular complexity index is 472. The minimum atomic E-state index is -0.722. The van der Waals surface area contributed by atoms with Crippen molar-refractivity contribution < 1.29 is 14.2 Å². The van der Waals surface area contributed by atoms with Crippen molar-refractivity contribution in [2.24, 2.45) is 0 Å². The molecule has 1 aliphatic rings. The zero-order valence-electron chi connectivity index (χ0n) is 8.67. The van der Waals surface area contributed by atoms with Crippen molar-refractivity contribution in [2.75, 3.05) is 18.4 Å². The Morgan fingerprint density at radius 3 is 3.18 bits per heavy atom. The van der Waals surface area contributed by atoms with E-state index < -0.39 is 22.3 Å². The van der Waals surface area contributed by atoms with Gasteiger partial charge in [0.15, 0.2) is 11.6 Å². The molecule has 0 saturated carbocycles. The summed E-state index contributed by atoms with van der Waals surface area (Å²) >= 11 is 1.23. The molecule has 1 aliphatic heterocycles. The number of nitrogens with zero attached hydrogens (tertiary/aromatic N) is 2. The normalized spacial score (nSPS) is 23.9. The lowest BCUT2D eigenvalue weighted by Gasteiger charge is -2.12. The second-order valence-corrected chi connectivity index (χ2v) is 4.65. The SMILES string of the molecule is [B]Nc1nc(=O)n([C@H]2CO[C@@H](CO)S2)cc1F. The molecule has 90 valence electrons. The van der Waals surface area contributed by atoms with Crippen molar-refractivity contribution in [2.45, 2.75) is 10.8 Å². The molecule has 17 heavy (non-hydrogen) atoms. The Labute approximate surface area is 102 Å². The molecule has 2 atom stereocenters. The number of hydrogen-bond donors (Lipinski definition) is 2. The van der Waals surface area contributed by atoms with Gasteiger partial charge in [0.25, 0.3) is 0 Å². The van der Waals surface area contributed by atoms with Crippen molar-refractivity contribution in [3.05, 3.63) is 22.5 Å². The lowest BCUT2D eigenvalue weighted by molar-refractivity contribution is 0.0802. The highest BCUT2D eigenvalue weighted by atomic mass is 32.2. The van der Waals surface area contributed by atoms with Crippen LogP contribution in [-0.2, 0) is 4.74 Å². The van der Waals surface area contributed by atoms with Gasteiger partial charge in [0, 0.05) is 6.20 Å². The first-order valence-electron chi connectivity index (χ1n) is 4.79. The summed E-state index contributed by atoms with van der Waals surface area (Å²) in [6, 6.07) is 0. The van der Waals surface area contributed by atoms with E-state index in [0.717, 1.165) is 10.8 Å². The fourth-order valence-corrected chi connectivity index (χ4v) is 2.47. The third kappa shape index (κ3) is 2.45. The summed E-state index contributed by atoms with van der Waals surface area (Å²) in [6.07, 6.45) is 1.02. The summed E-state index contributed by atoms with van der Waals surface area (Å²) in [6.45, 7) is 0.0561. The first-order valence-corrected chi connectivity index (χ1v) is 5.73. The van der Waals surface area contributed by atoms with Crippen LogP contribution in [0, 0.1) is 5.82 Å². The van der Waals surface area contributed by atoms with E-state index in [1.807, 2.05) is 5.23 Å². The molecule has 2 N–H and O–H groups in total. The van der Waals surface area contributed by atoms with E-state index in [2.05, 4.69) is 4.98 Å². The number of aliphatic hydroxyl groups is 1. The summed E-state index contributed by atoms with van der Waals surface area (Å²) < 4.78 is 19.7. The van der Waals surface area contributed by atoms with Crippen LogP contribution in [-0.4, -0.2) is 41.3 Å². The van der Waals surface area contributed by atoms with Crippen LogP contribution in [0.5, 0.6) is 0 Å². The molecule has 1 fully saturated rings. The van der Waals surface area contributed by atoms with Gasteiger partial charge in [-0.2, -0.15) is 4.98 Å². The Balaban J connectivity index is 2.28. The second-order valence-electron chi connectivity index (χ2n) is 3.31. The van der Waals surface area contributed by atoms with Crippen molar-refractivity contribution in [1.29, 1.82) is 0 Å². The van der Waals surface area contributed by atoms with Crippen LogP contribution < -0.4 is 10.9 Å². The summed E-state index contributed by atoms with van der Waals surface area (Å²) in [5.74, 6) is -1.02. The van der Waals surface area contributed by atoms with Crippen LogP contribution in [0.1, 0.15) is 5.37 Å². The van der Waals surface area contributed by atoms with Gasteiger partial charge >= 0.3 is 5.69 Å². The molecule has 2 radical (unpaired) electrons. The molecule has 0 aliphatic carbocycles. The summed E-state index contributed by atoms with van der Waals surface area (Å²) in [4.78, 5) is 15.0. The molecule has 0 aromatic carbocycles. The highest BCUT2D eigenvalue weighted by Gasteiger charge is 2.28. The van der Waals surface area contributed by atoms with Gasteiger partial charge in [-0.05, 0) is 0 Å². The van der Waals surface area contributed by atoms with Gasteiger partial charge in [-0.15, -0.1) is 11.8 Å². The van der Waals surface area contributed by atoms with Crippen molar-refractivity contribution >= 4 is 25.6 Å². The van der Waals surface area contributed by atoms with Crippen molar-refractivity contribution in [3.63, 3.8) is 0 Å². The first-order chi connectivity index (χ1) is 8.15. The predicted octanol–water partition coefficient (Wildman–Crippen LogP) is -0.542. The zero-order valence-corrected chi connectivity index (χ0v) is 9.48. The molecule has 0 spiro atoms. The highest BCUT2D eigenvalue weighted by molar-refractivity contribution is 8.00. The van der Waals surface area contributed by atoms with Gasteiger partial charge in [0.2, 0.25) is 7.98 Å². The maximum Gasteiger partial charge on any atom is 0.350 e. The first kappa shape index (κ1) is 12.4. The van der Waals surface area contributed by atoms with E-state index in [9.17, 15) is 9.18 Å². The minimum Gasteiger partial charge on any atom is -0.420 e. The smallest absolute Gasteiger partial charge is 0.350 e. The van der Waals surface area contributed by atoms with E-state index in [4.69, 9.17) is 17.8 Å². The molecule has 0 unspecified atom stereocenters. The largest absolute Gasteiger partial charge is 0.420 e. The average Bonchev–Trinajstić information content (AvgIpc) is 2.80. The van der Waals surface area contributed by atoms with E-state index >= 15 is 0 Å². The number of anilines is 1. The summed E-state index contributed by atoms with van der Waals surface area (Å²) in [7, 11) is 5.00. The fraction of sp³-hybridized carbons (Fsp3) is 0.500. The summed E-state index contributed by atoms with van der Waals surface area (Å²) in [5, 5.41) is 10.5. The number of thioether (sulfide) groups is 1. The zero-order chi connectivity index (χ0) is 12.4. The topological polar surface area (TPSA) is 76.4 Å². The molecule has 0 bridgehead atoms. The maximum absolute atomic E-state index is 13.4. The Kier molecular flexibility index (Phi) is 3.70. The van der Waals surface area contributed by atoms with E-state index in [0.29, 0.717) is 0 Å². The molecular weight excluding hydrogens is 248 g/mol. The van der Waals surface area contributed by atoms with Crippen LogP contribution >= 0.6 is 11.8 Å². The number of hydrogen-bond acceptors (Lipinski definition) is 6. The molecule has 6 nitrogen and oxygen atoms in total. The lowest BCUT2D eigenvalue weighted by Crippen LogP contribution is -2.27. The van der Waals surface area contributed by atoms with Gasteiger partial charge < -0.3 is 15.1 Å². The van der Waals surface area contributed by atoms with E-state index in [-0.39, 0.29) is 19.0 Å².